The number of carbonyl (C=O) groups is 1. The fourth-order valence-electron chi connectivity index (χ4n) is 1.96. The predicted octanol–water partition coefficient (Wildman–Crippen LogP) is 2.08. The van der Waals surface area contributed by atoms with E-state index in [1.807, 2.05) is 0 Å². The molecular formula is C16H16O4S2. The smallest absolute Gasteiger partial charge is 0.195 e. The van der Waals surface area contributed by atoms with Gasteiger partial charge in [-0.1, -0.05) is 24.3 Å². The van der Waals surface area contributed by atoms with Crippen molar-refractivity contribution in [3.8, 4) is 0 Å². The summed E-state index contributed by atoms with van der Waals surface area (Å²) in [6, 6.07) is 12.8. The van der Waals surface area contributed by atoms with E-state index >= 15 is 0 Å². The van der Waals surface area contributed by atoms with Gasteiger partial charge in [-0.15, -0.1) is 0 Å². The van der Waals surface area contributed by atoms with E-state index in [1.165, 1.54) is 0 Å². The van der Waals surface area contributed by atoms with E-state index in [-0.39, 0.29) is 0 Å². The summed E-state index contributed by atoms with van der Waals surface area (Å²) >= 11 is 0. The molecule has 2 aromatic rings. The molecule has 0 radical (unpaired) electrons. The molecule has 0 aliphatic heterocycles. The highest BCUT2D eigenvalue weighted by molar-refractivity contribution is 7.84. The van der Waals surface area contributed by atoms with Gasteiger partial charge in [0.25, 0.3) is 0 Å². The summed E-state index contributed by atoms with van der Waals surface area (Å²) in [5.41, 5.74) is 0.798. The van der Waals surface area contributed by atoms with E-state index in [0.29, 0.717) is 20.9 Å². The highest BCUT2D eigenvalue weighted by Crippen LogP contribution is 2.20. The van der Waals surface area contributed by atoms with E-state index < -0.39 is 33.5 Å². The average molecular weight is 336 g/mol. The van der Waals surface area contributed by atoms with Crippen molar-refractivity contribution in [1.82, 2.24) is 0 Å². The zero-order valence-electron chi connectivity index (χ0n) is 12.2. The first kappa shape index (κ1) is 16.7. The molecular weight excluding hydrogens is 320 g/mol. The topological polar surface area (TPSA) is 71.4 Å². The van der Waals surface area contributed by atoms with Gasteiger partial charge in [0, 0.05) is 49.5 Å². The van der Waals surface area contributed by atoms with Crippen LogP contribution in [0.4, 0.5) is 0 Å². The Hall–Kier alpha value is -1.63. The van der Waals surface area contributed by atoms with Gasteiger partial charge in [0.1, 0.15) is 6.10 Å². The quantitative estimate of drug-likeness (QED) is 0.849. The molecule has 0 amide bonds. The first-order chi connectivity index (χ1) is 10.4. The molecule has 3 atom stereocenters. The Bertz CT molecular complexity index is 721. The summed E-state index contributed by atoms with van der Waals surface area (Å²) in [6.45, 7) is 0. The van der Waals surface area contributed by atoms with Crippen molar-refractivity contribution >= 4 is 27.4 Å². The largest absolute Gasteiger partial charge is 0.380 e. The summed E-state index contributed by atoms with van der Waals surface area (Å²) in [4.78, 5) is 13.5. The number of aliphatic hydroxyl groups excluding tert-OH is 1. The third kappa shape index (κ3) is 3.76. The van der Waals surface area contributed by atoms with Gasteiger partial charge in [-0.3, -0.25) is 13.2 Å². The van der Waals surface area contributed by atoms with E-state index in [1.54, 1.807) is 61.0 Å². The van der Waals surface area contributed by atoms with Crippen LogP contribution < -0.4 is 0 Å². The lowest BCUT2D eigenvalue weighted by atomic mass is 10.0. The number of carbonyl (C=O) groups excluding carboxylic acids is 1. The summed E-state index contributed by atoms with van der Waals surface area (Å²) in [5.74, 6) is -0.432. The van der Waals surface area contributed by atoms with Crippen LogP contribution >= 0.6 is 0 Å². The minimum absolute atomic E-state index is 0.352. The molecule has 6 heteroatoms. The van der Waals surface area contributed by atoms with Crippen molar-refractivity contribution in [1.29, 1.82) is 0 Å². The van der Waals surface area contributed by atoms with Crippen molar-refractivity contribution in [2.75, 3.05) is 12.5 Å². The normalized spacial score (nSPS) is 15.0. The van der Waals surface area contributed by atoms with E-state index in [4.69, 9.17) is 0 Å². The second-order valence-corrected chi connectivity index (χ2v) is 7.53. The molecule has 2 rings (SSSR count). The SMILES string of the molecule is C[S@@](=O)c1ccc(C(=O)[C@@H](O)c2ccc([S@@](C)=O)cc2)cc1. The highest BCUT2D eigenvalue weighted by Gasteiger charge is 2.19. The number of hydrogen-bond donors (Lipinski definition) is 1. The van der Waals surface area contributed by atoms with Crippen LogP contribution in [0.3, 0.4) is 0 Å². The van der Waals surface area contributed by atoms with Crippen LogP contribution in [0.15, 0.2) is 58.3 Å². The Morgan fingerprint density at radius 2 is 1.27 bits per heavy atom. The van der Waals surface area contributed by atoms with Crippen molar-refractivity contribution in [3.05, 3.63) is 59.7 Å². The molecule has 0 heterocycles. The molecule has 0 aromatic heterocycles. The van der Waals surface area contributed by atoms with Gasteiger partial charge >= 0.3 is 0 Å². The zero-order valence-corrected chi connectivity index (χ0v) is 13.8. The average Bonchev–Trinajstić information content (AvgIpc) is 2.53. The predicted molar refractivity (Wildman–Crippen MR) is 86.8 cm³/mol. The molecule has 0 fully saturated rings. The van der Waals surface area contributed by atoms with Gasteiger partial charge in [0.05, 0.1) is 0 Å². The summed E-state index contributed by atoms with van der Waals surface area (Å²) in [7, 11) is -2.21. The lowest BCUT2D eigenvalue weighted by molar-refractivity contribution is 0.0747. The first-order valence-corrected chi connectivity index (χ1v) is 9.61. The Labute approximate surface area is 134 Å². The lowest BCUT2D eigenvalue weighted by Crippen LogP contribution is -2.12. The van der Waals surface area contributed by atoms with Crippen LogP contribution in [0.2, 0.25) is 0 Å². The van der Waals surface area contributed by atoms with Crippen molar-refractivity contribution in [2.45, 2.75) is 15.9 Å². The fourth-order valence-corrected chi connectivity index (χ4v) is 3.00. The molecule has 0 saturated carbocycles. The monoisotopic (exact) mass is 336 g/mol. The Morgan fingerprint density at radius 3 is 1.68 bits per heavy atom. The van der Waals surface area contributed by atoms with Gasteiger partial charge < -0.3 is 5.11 Å². The van der Waals surface area contributed by atoms with Crippen LogP contribution in [0.25, 0.3) is 0 Å². The van der Waals surface area contributed by atoms with Crippen LogP contribution in [0.1, 0.15) is 22.0 Å². The molecule has 0 spiro atoms. The number of ketones is 1. The van der Waals surface area contributed by atoms with E-state index in [0.717, 1.165) is 0 Å². The van der Waals surface area contributed by atoms with Crippen LogP contribution in [-0.2, 0) is 21.6 Å². The minimum Gasteiger partial charge on any atom is -0.380 e. The highest BCUT2D eigenvalue weighted by atomic mass is 32.2. The molecule has 1 N–H and O–H groups in total. The Kier molecular flexibility index (Phi) is 5.39. The summed E-state index contributed by atoms with van der Waals surface area (Å²) < 4.78 is 22.6. The standard InChI is InChI=1S/C16H16O4S2/c1-21(19)13-7-3-11(4-8-13)15(17)16(18)12-5-9-14(10-6-12)22(2)20/h3-10,15,17H,1-2H3/t15-,21+,22+/m0/s1. The molecule has 4 nitrogen and oxygen atoms in total. The zero-order chi connectivity index (χ0) is 16.3. The van der Waals surface area contributed by atoms with Gasteiger partial charge in [0.2, 0.25) is 0 Å². The minimum atomic E-state index is -1.28. The molecule has 2 aromatic carbocycles. The van der Waals surface area contributed by atoms with Gasteiger partial charge in [-0.2, -0.15) is 0 Å². The van der Waals surface area contributed by atoms with Crippen LogP contribution in [0, 0.1) is 0 Å². The van der Waals surface area contributed by atoms with Crippen molar-refractivity contribution < 1.29 is 18.3 Å². The van der Waals surface area contributed by atoms with E-state index in [2.05, 4.69) is 0 Å². The maximum Gasteiger partial charge on any atom is 0.195 e. The van der Waals surface area contributed by atoms with Gasteiger partial charge in [0.15, 0.2) is 5.78 Å². The van der Waals surface area contributed by atoms with Crippen LogP contribution in [0.5, 0.6) is 0 Å². The molecule has 0 aliphatic rings. The molecule has 0 unspecified atom stereocenters. The number of hydrogen-bond acceptors (Lipinski definition) is 4. The fraction of sp³-hybridized carbons (Fsp3) is 0.188. The Balaban J connectivity index is 2.20. The number of rotatable bonds is 5. The maximum absolute atomic E-state index is 12.3. The summed E-state index contributed by atoms with van der Waals surface area (Å²) in [6.07, 6.45) is 1.85. The third-order valence-corrected chi connectivity index (χ3v) is 5.12. The number of aliphatic hydroxyl groups is 1. The third-order valence-electron chi connectivity index (χ3n) is 3.25. The Morgan fingerprint density at radius 1 is 0.864 bits per heavy atom. The lowest BCUT2D eigenvalue weighted by Gasteiger charge is -2.11. The van der Waals surface area contributed by atoms with E-state index in [9.17, 15) is 18.3 Å². The molecule has 116 valence electrons. The van der Waals surface area contributed by atoms with Crippen LogP contribution in [-0.4, -0.2) is 31.8 Å². The molecule has 22 heavy (non-hydrogen) atoms. The second-order valence-electron chi connectivity index (χ2n) is 4.77. The van der Waals surface area contributed by atoms with Crippen molar-refractivity contribution in [3.63, 3.8) is 0 Å². The first-order valence-electron chi connectivity index (χ1n) is 6.49. The second kappa shape index (κ2) is 7.09. The number of Topliss-reactive ketones (excluding diaryl/α,β-unsaturated/α-hetero) is 1. The number of benzene rings is 2. The molecule has 0 bridgehead atoms. The van der Waals surface area contributed by atoms with Gasteiger partial charge in [-0.05, 0) is 29.8 Å². The van der Waals surface area contributed by atoms with Crippen molar-refractivity contribution in [2.24, 2.45) is 0 Å². The maximum atomic E-state index is 12.3. The van der Waals surface area contributed by atoms with Gasteiger partial charge in [-0.25, -0.2) is 0 Å². The summed E-state index contributed by atoms with van der Waals surface area (Å²) in [5, 5.41) is 10.2. The molecule has 0 aliphatic carbocycles. The molecule has 0 saturated heterocycles.